The van der Waals surface area contributed by atoms with Crippen LogP contribution < -0.4 is 11.1 Å². The number of aromatic nitrogens is 3. The van der Waals surface area contributed by atoms with Gasteiger partial charge in [0.25, 0.3) is 0 Å². The summed E-state index contributed by atoms with van der Waals surface area (Å²) in [5, 5.41) is 9.75. The van der Waals surface area contributed by atoms with Crippen molar-refractivity contribution in [2.24, 2.45) is 10.7 Å². The first-order chi connectivity index (χ1) is 7.61. The van der Waals surface area contributed by atoms with Crippen molar-refractivity contribution in [3.8, 4) is 0 Å². The summed E-state index contributed by atoms with van der Waals surface area (Å²) in [4.78, 5) is 8.34. The summed E-state index contributed by atoms with van der Waals surface area (Å²) < 4.78 is 0. The van der Waals surface area contributed by atoms with Gasteiger partial charge in [-0.3, -0.25) is 5.10 Å². The topological polar surface area (TPSA) is 92.0 Å². The average molecular weight is 222 g/mol. The van der Waals surface area contributed by atoms with Crippen LogP contribution in [-0.2, 0) is 13.0 Å². The van der Waals surface area contributed by atoms with E-state index in [0.29, 0.717) is 19.0 Å². The predicted octanol–water partition coefficient (Wildman–Crippen LogP) is 0.347. The summed E-state index contributed by atoms with van der Waals surface area (Å²) in [6.07, 6.45) is 0.809. The van der Waals surface area contributed by atoms with Crippen molar-refractivity contribution in [2.75, 3.05) is 6.54 Å². The molecule has 0 aliphatic carbocycles. The lowest BCUT2D eigenvalue weighted by Gasteiger charge is -2.03. The zero-order chi connectivity index (χ0) is 12.0. The van der Waals surface area contributed by atoms with Crippen LogP contribution in [0.2, 0.25) is 0 Å². The second-order valence-corrected chi connectivity index (χ2v) is 3.56. The summed E-state index contributed by atoms with van der Waals surface area (Å²) >= 11 is 0. The van der Waals surface area contributed by atoms with E-state index in [1.807, 2.05) is 13.8 Å². The van der Waals surface area contributed by atoms with E-state index in [-0.39, 0.29) is 0 Å². The van der Waals surface area contributed by atoms with E-state index >= 15 is 0 Å². The Morgan fingerprint density at radius 1 is 1.62 bits per heavy atom. The fourth-order valence-electron chi connectivity index (χ4n) is 1.02. The van der Waals surface area contributed by atoms with Crippen LogP contribution in [0.1, 0.15) is 25.5 Å². The smallest absolute Gasteiger partial charge is 0.189 e. The van der Waals surface area contributed by atoms with Crippen LogP contribution in [0.25, 0.3) is 0 Å². The standard InChI is InChI=1S/C10H18N6/c1-4-8-14-9(16-15-8)6-13-10(11)12-5-7(2)3/h2,4-6H2,1,3H3,(H3,11,12,13)(H,14,15,16). The first-order valence-corrected chi connectivity index (χ1v) is 5.20. The maximum Gasteiger partial charge on any atom is 0.189 e. The van der Waals surface area contributed by atoms with E-state index in [9.17, 15) is 0 Å². The quantitative estimate of drug-likeness (QED) is 0.381. The summed E-state index contributed by atoms with van der Waals surface area (Å²) in [6.45, 7) is 8.71. The van der Waals surface area contributed by atoms with Crippen molar-refractivity contribution in [3.05, 3.63) is 23.8 Å². The Bertz CT molecular complexity index is 378. The fourth-order valence-corrected chi connectivity index (χ4v) is 1.02. The molecular formula is C10H18N6. The molecule has 0 amide bonds. The first kappa shape index (κ1) is 12.2. The molecule has 0 aromatic carbocycles. The number of nitrogens with one attached hydrogen (secondary N) is 2. The van der Waals surface area contributed by atoms with E-state index in [0.717, 1.165) is 23.6 Å². The number of nitrogens with two attached hydrogens (primary N) is 1. The van der Waals surface area contributed by atoms with Crippen molar-refractivity contribution >= 4 is 5.96 Å². The molecule has 0 saturated heterocycles. The lowest BCUT2D eigenvalue weighted by molar-refractivity contribution is 0.887. The Hall–Kier alpha value is -1.85. The molecule has 0 aliphatic heterocycles. The monoisotopic (exact) mass is 222 g/mol. The number of aromatic amines is 1. The molecule has 6 nitrogen and oxygen atoms in total. The highest BCUT2D eigenvalue weighted by molar-refractivity contribution is 5.77. The van der Waals surface area contributed by atoms with Gasteiger partial charge in [0, 0.05) is 13.0 Å². The number of nitrogens with zero attached hydrogens (tertiary/aromatic N) is 3. The molecule has 1 aromatic heterocycles. The van der Waals surface area contributed by atoms with Gasteiger partial charge in [0.15, 0.2) is 11.8 Å². The Balaban J connectivity index is 2.42. The number of guanidine groups is 1. The molecule has 0 fully saturated rings. The molecule has 0 saturated carbocycles. The number of hydrogen-bond acceptors (Lipinski definition) is 3. The van der Waals surface area contributed by atoms with Crippen molar-refractivity contribution in [3.63, 3.8) is 0 Å². The van der Waals surface area contributed by atoms with Crippen LogP contribution >= 0.6 is 0 Å². The maximum atomic E-state index is 5.64. The molecule has 0 unspecified atom stereocenters. The Labute approximate surface area is 95.1 Å². The third-order valence-electron chi connectivity index (χ3n) is 1.86. The SMILES string of the molecule is C=C(C)CNC(N)=NCc1nc(CC)n[nH]1. The molecular weight excluding hydrogens is 204 g/mol. The van der Waals surface area contributed by atoms with Gasteiger partial charge < -0.3 is 11.1 Å². The number of aliphatic imine (C=N–C) groups is 1. The molecule has 6 heteroatoms. The minimum absolute atomic E-state index is 0.387. The van der Waals surface area contributed by atoms with Crippen molar-refractivity contribution in [1.29, 1.82) is 0 Å². The highest BCUT2D eigenvalue weighted by atomic mass is 15.2. The maximum absolute atomic E-state index is 5.64. The molecule has 0 aliphatic rings. The number of H-pyrrole nitrogens is 1. The van der Waals surface area contributed by atoms with Crippen molar-refractivity contribution < 1.29 is 0 Å². The van der Waals surface area contributed by atoms with E-state index in [1.165, 1.54) is 0 Å². The van der Waals surface area contributed by atoms with E-state index in [4.69, 9.17) is 5.73 Å². The van der Waals surface area contributed by atoms with Gasteiger partial charge in [0.2, 0.25) is 0 Å². The van der Waals surface area contributed by atoms with Gasteiger partial charge in [0.1, 0.15) is 12.4 Å². The number of aryl methyl sites for hydroxylation is 1. The second kappa shape index (κ2) is 5.89. The molecule has 4 N–H and O–H groups in total. The van der Waals surface area contributed by atoms with Gasteiger partial charge in [-0.1, -0.05) is 19.1 Å². The predicted molar refractivity (Wildman–Crippen MR) is 63.9 cm³/mol. The lowest BCUT2D eigenvalue weighted by Crippen LogP contribution is -2.32. The summed E-state index contributed by atoms with van der Waals surface area (Å²) in [5.41, 5.74) is 6.65. The van der Waals surface area contributed by atoms with Crippen LogP contribution in [-0.4, -0.2) is 27.7 Å². The zero-order valence-electron chi connectivity index (χ0n) is 9.75. The van der Waals surface area contributed by atoms with Crippen molar-refractivity contribution in [1.82, 2.24) is 20.5 Å². The van der Waals surface area contributed by atoms with Crippen LogP contribution in [0.5, 0.6) is 0 Å². The van der Waals surface area contributed by atoms with Crippen LogP contribution in [0.3, 0.4) is 0 Å². The molecule has 1 rings (SSSR count). The van der Waals surface area contributed by atoms with E-state index in [1.54, 1.807) is 0 Å². The fraction of sp³-hybridized carbons (Fsp3) is 0.500. The van der Waals surface area contributed by atoms with Crippen LogP contribution in [0, 0.1) is 0 Å². The highest BCUT2D eigenvalue weighted by Gasteiger charge is 1.99. The van der Waals surface area contributed by atoms with Gasteiger partial charge in [-0.2, -0.15) is 5.10 Å². The normalized spacial score (nSPS) is 11.5. The minimum atomic E-state index is 0.387. The Kier molecular flexibility index (Phi) is 4.50. The first-order valence-electron chi connectivity index (χ1n) is 5.20. The van der Waals surface area contributed by atoms with Crippen LogP contribution in [0.4, 0.5) is 0 Å². The average Bonchev–Trinajstić information content (AvgIpc) is 2.71. The van der Waals surface area contributed by atoms with Gasteiger partial charge in [-0.05, 0) is 6.92 Å². The van der Waals surface area contributed by atoms with Gasteiger partial charge in [0.05, 0.1) is 0 Å². The van der Waals surface area contributed by atoms with Crippen LogP contribution in [0.15, 0.2) is 17.1 Å². The molecule has 0 spiro atoms. The number of hydrogen-bond donors (Lipinski definition) is 3. The lowest BCUT2D eigenvalue weighted by atomic mass is 10.3. The Morgan fingerprint density at radius 3 is 2.94 bits per heavy atom. The molecule has 1 aromatic rings. The van der Waals surface area contributed by atoms with Gasteiger partial charge in [-0.25, -0.2) is 9.98 Å². The molecule has 1 heterocycles. The molecule has 0 radical (unpaired) electrons. The van der Waals surface area contributed by atoms with E-state index < -0.39 is 0 Å². The summed E-state index contributed by atoms with van der Waals surface area (Å²) in [6, 6.07) is 0. The number of rotatable bonds is 5. The van der Waals surface area contributed by atoms with E-state index in [2.05, 4.69) is 32.1 Å². The zero-order valence-corrected chi connectivity index (χ0v) is 9.75. The second-order valence-electron chi connectivity index (χ2n) is 3.56. The summed E-state index contributed by atoms with van der Waals surface area (Å²) in [5.74, 6) is 1.90. The molecule has 0 atom stereocenters. The molecule has 0 bridgehead atoms. The third-order valence-corrected chi connectivity index (χ3v) is 1.86. The van der Waals surface area contributed by atoms with Gasteiger partial charge in [-0.15, -0.1) is 0 Å². The highest BCUT2D eigenvalue weighted by Crippen LogP contribution is 1.95. The van der Waals surface area contributed by atoms with Gasteiger partial charge >= 0.3 is 0 Å². The largest absolute Gasteiger partial charge is 0.370 e. The molecule has 88 valence electrons. The Morgan fingerprint density at radius 2 is 2.38 bits per heavy atom. The van der Waals surface area contributed by atoms with Crippen molar-refractivity contribution in [2.45, 2.75) is 26.8 Å². The molecule has 16 heavy (non-hydrogen) atoms. The summed E-state index contributed by atoms with van der Waals surface area (Å²) in [7, 11) is 0. The third kappa shape index (κ3) is 4.12. The minimum Gasteiger partial charge on any atom is -0.370 e.